The highest BCUT2D eigenvalue weighted by Crippen LogP contribution is 2.26. The van der Waals surface area contributed by atoms with E-state index < -0.39 is 15.8 Å². The first kappa shape index (κ1) is 13.7. The fourth-order valence-electron chi connectivity index (χ4n) is 2.03. The van der Waals surface area contributed by atoms with Crippen molar-refractivity contribution in [3.63, 3.8) is 0 Å². The van der Waals surface area contributed by atoms with Crippen LogP contribution >= 0.6 is 11.6 Å². The molecule has 4 nitrogen and oxygen atoms in total. The number of hydrogen-bond donors (Lipinski definition) is 1. The lowest BCUT2D eigenvalue weighted by Crippen LogP contribution is -2.30. The zero-order valence-electron chi connectivity index (χ0n) is 9.64. The van der Waals surface area contributed by atoms with Gasteiger partial charge in [-0.1, -0.05) is 11.6 Å². The maximum Gasteiger partial charge on any atom is 0.245 e. The third kappa shape index (κ3) is 2.51. The first-order valence-corrected chi connectivity index (χ1v) is 7.42. The molecule has 0 aliphatic carbocycles. The summed E-state index contributed by atoms with van der Waals surface area (Å²) in [5.74, 6) is -0.672. The zero-order valence-corrected chi connectivity index (χ0v) is 11.2. The molecule has 18 heavy (non-hydrogen) atoms. The summed E-state index contributed by atoms with van der Waals surface area (Å²) >= 11 is 5.61. The third-order valence-electron chi connectivity index (χ3n) is 3.09. The third-order valence-corrected chi connectivity index (χ3v) is 5.23. The predicted octanol–water partition coefficient (Wildman–Crippen LogP) is 1.45. The van der Waals surface area contributed by atoms with Gasteiger partial charge in [0.25, 0.3) is 0 Å². The van der Waals surface area contributed by atoms with Crippen molar-refractivity contribution in [2.45, 2.75) is 11.3 Å². The fraction of sp³-hybridized carbons (Fsp3) is 0.455. The van der Waals surface area contributed by atoms with Crippen LogP contribution in [0.3, 0.4) is 0 Å². The highest BCUT2D eigenvalue weighted by atomic mass is 35.5. The normalized spacial score (nSPS) is 21.4. The zero-order chi connectivity index (χ0) is 13.3. The summed E-state index contributed by atoms with van der Waals surface area (Å²) in [6.07, 6.45) is 0.713. The molecule has 0 amide bonds. The smallest absolute Gasteiger partial charge is 0.245 e. The van der Waals surface area contributed by atoms with Crippen LogP contribution in [0.1, 0.15) is 6.42 Å². The number of hydrogen-bond acceptors (Lipinski definition) is 3. The summed E-state index contributed by atoms with van der Waals surface area (Å²) in [6.45, 7) is 1.17. The molecule has 1 aliphatic heterocycles. The minimum absolute atomic E-state index is 0.148. The second-order valence-electron chi connectivity index (χ2n) is 4.33. The maximum atomic E-state index is 13.7. The van der Waals surface area contributed by atoms with Crippen LogP contribution < -0.4 is 5.73 Å². The highest BCUT2D eigenvalue weighted by molar-refractivity contribution is 7.89. The summed E-state index contributed by atoms with van der Waals surface area (Å²) in [6, 6.07) is 3.57. The van der Waals surface area contributed by atoms with Crippen LogP contribution in [0.4, 0.5) is 4.39 Å². The van der Waals surface area contributed by atoms with E-state index in [1.54, 1.807) is 0 Å². The predicted molar refractivity (Wildman–Crippen MR) is 67.3 cm³/mol. The van der Waals surface area contributed by atoms with Gasteiger partial charge in [0.15, 0.2) is 0 Å². The Kier molecular flexibility index (Phi) is 3.91. The average molecular weight is 293 g/mol. The topological polar surface area (TPSA) is 63.4 Å². The largest absolute Gasteiger partial charge is 0.330 e. The van der Waals surface area contributed by atoms with E-state index in [-0.39, 0.29) is 15.8 Å². The molecule has 0 spiro atoms. The SMILES string of the molecule is NCC1CCN(S(=O)(=O)c2ccc(Cl)cc2F)C1. The van der Waals surface area contributed by atoms with Crippen LogP contribution in [0.5, 0.6) is 0 Å². The van der Waals surface area contributed by atoms with Crippen molar-refractivity contribution in [3.05, 3.63) is 29.0 Å². The molecule has 1 heterocycles. The van der Waals surface area contributed by atoms with Gasteiger partial charge in [-0.15, -0.1) is 0 Å². The first-order chi connectivity index (χ1) is 8.45. The molecular formula is C11H14ClFN2O2S. The van der Waals surface area contributed by atoms with Crippen molar-refractivity contribution >= 4 is 21.6 Å². The van der Waals surface area contributed by atoms with Crippen LogP contribution in [0.25, 0.3) is 0 Å². The molecule has 1 atom stereocenters. The lowest BCUT2D eigenvalue weighted by Gasteiger charge is -2.16. The standard InChI is InChI=1S/C11H14ClFN2O2S/c12-9-1-2-11(10(13)5-9)18(16,17)15-4-3-8(6-14)7-15/h1-2,5,8H,3-4,6-7,14H2. The fourth-order valence-corrected chi connectivity index (χ4v) is 3.77. The second-order valence-corrected chi connectivity index (χ2v) is 6.67. The molecule has 1 aromatic carbocycles. The first-order valence-electron chi connectivity index (χ1n) is 5.60. The van der Waals surface area contributed by atoms with E-state index in [1.807, 2.05) is 0 Å². The summed E-state index contributed by atoms with van der Waals surface area (Å²) in [5, 5.41) is 0.174. The molecule has 0 radical (unpaired) electrons. The molecule has 100 valence electrons. The Hall–Kier alpha value is -0.690. The summed E-state index contributed by atoms with van der Waals surface area (Å²) in [5.41, 5.74) is 5.51. The lowest BCUT2D eigenvalue weighted by atomic mass is 10.1. The van der Waals surface area contributed by atoms with Gasteiger partial charge in [0.2, 0.25) is 10.0 Å². The minimum Gasteiger partial charge on any atom is -0.330 e. The van der Waals surface area contributed by atoms with Gasteiger partial charge in [-0.3, -0.25) is 0 Å². The van der Waals surface area contributed by atoms with Crippen LogP contribution in [0.2, 0.25) is 5.02 Å². The van der Waals surface area contributed by atoms with Crippen molar-refractivity contribution in [2.24, 2.45) is 11.7 Å². The van der Waals surface area contributed by atoms with E-state index >= 15 is 0 Å². The van der Waals surface area contributed by atoms with Gasteiger partial charge >= 0.3 is 0 Å². The Bertz CT molecular complexity index is 550. The summed E-state index contributed by atoms with van der Waals surface area (Å²) in [4.78, 5) is -0.329. The monoisotopic (exact) mass is 292 g/mol. The number of benzene rings is 1. The molecule has 1 fully saturated rings. The van der Waals surface area contributed by atoms with E-state index in [0.717, 1.165) is 6.07 Å². The molecule has 2 rings (SSSR count). The molecule has 1 saturated heterocycles. The minimum atomic E-state index is -3.79. The molecule has 1 aromatic rings. The highest BCUT2D eigenvalue weighted by Gasteiger charge is 2.33. The second kappa shape index (κ2) is 5.13. The quantitative estimate of drug-likeness (QED) is 0.917. The van der Waals surface area contributed by atoms with Crippen LogP contribution in [0.15, 0.2) is 23.1 Å². The van der Waals surface area contributed by atoms with Gasteiger partial charge < -0.3 is 5.73 Å². The average Bonchev–Trinajstić information content (AvgIpc) is 2.77. The lowest BCUT2D eigenvalue weighted by molar-refractivity contribution is 0.453. The van der Waals surface area contributed by atoms with Gasteiger partial charge in [0, 0.05) is 18.1 Å². The molecule has 2 N–H and O–H groups in total. The summed E-state index contributed by atoms with van der Waals surface area (Å²) < 4.78 is 39.4. The van der Waals surface area contributed by atoms with Crippen molar-refractivity contribution in [1.82, 2.24) is 4.31 Å². The number of rotatable bonds is 3. The van der Waals surface area contributed by atoms with Crippen molar-refractivity contribution in [3.8, 4) is 0 Å². The molecule has 0 aromatic heterocycles. The van der Waals surface area contributed by atoms with Crippen molar-refractivity contribution in [2.75, 3.05) is 19.6 Å². The van der Waals surface area contributed by atoms with E-state index in [1.165, 1.54) is 16.4 Å². The Morgan fingerprint density at radius 3 is 2.78 bits per heavy atom. The number of sulfonamides is 1. The Labute approximate surface area is 111 Å². The molecule has 7 heteroatoms. The van der Waals surface area contributed by atoms with Gasteiger partial charge in [-0.2, -0.15) is 4.31 Å². The molecule has 1 aliphatic rings. The van der Waals surface area contributed by atoms with Gasteiger partial charge in [-0.05, 0) is 37.1 Å². The Morgan fingerprint density at radius 1 is 1.50 bits per heavy atom. The van der Waals surface area contributed by atoms with Crippen LogP contribution in [-0.4, -0.2) is 32.4 Å². The Balaban J connectivity index is 2.31. The molecule has 0 bridgehead atoms. The van der Waals surface area contributed by atoms with E-state index in [4.69, 9.17) is 17.3 Å². The number of halogens is 2. The van der Waals surface area contributed by atoms with Crippen molar-refractivity contribution in [1.29, 1.82) is 0 Å². The molecule has 0 saturated carbocycles. The van der Waals surface area contributed by atoms with Crippen LogP contribution in [-0.2, 0) is 10.0 Å². The van der Waals surface area contributed by atoms with Crippen molar-refractivity contribution < 1.29 is 12.8 Å². The van der Waals surface area contributed by atoms with E-state index in [0.29, 0.717) is 26.1 Å². The molecular weight excluding hydrogens is 279 g/mol. The number of nitrogens with zero attached hydrogens (tertiary/aromatic N) is 1. The van der Waals surface area contributed by atoms with E-state index in [2.05, 4.69) is 0 Å². The number of nitrogens with two attached hydrogens (primary N) is 1. The molecule has 1 unspecified atom stereocenters. The van der Waals surface area contributed by atoms with Gasteiger partial charge in [0.1, 0.15) is 10.7 Å². The summed E-state index contributed by atoms with van der Waals surface area (Å²) in [7, 11) is -3.79. The van der Waals surface area contributed by atoms with Gasteiger partial charge in [0.05, 0.1) is 0 Å². The van der Waals surface area contributed by atoms with E-state index in [9.17, 15) is 12.8 Å². The Morgan fingerprint density at radius 2 is 2.22 bits per heavy atom. The van der Waals surface area contributed by atoms with Crippen LogP contribution in [0, 0.1) is 11.7 Å². The maximum absolute atomic E-state index is 13.7. The van der Waals surface area contributed by atoms with Gasteiger partial charge in [-0.25, -0.2) is 12.8 Å².